The van der Waals surface area contributed by atoms with E-state index in [1.54, 1.807) is 12.3 Å². The van der Waals surface area contributed by atoms with Gasteiger partial charge in [0.05, 0.1) is 9.90 Å². The average Bonchev–Trinajstić information content (AvgIpc) is 2.45. The van der Waals surface area contributed by atoms with E-state index in [0.717, 1.165) is 9.90 Å². The molecule has 0 aliphatic carbocycles. The number of anilines is 1. The van der Waals surface area contributed by atoms with E-state index >= 15 is 0 Å². The lowest BCUT2D eigenvalue weighted by molar-refractivity contribution is 0.600. The number of primary sulfonamides is 1. The van der Waals surface area contributed by atoms with Crippen molar-refractivity contribution < 1.29 is 8.42 Å². The zero-order valence-electron chi connectivity index (χ0n) is 6.35. The highest BCUT2D eigenvalue weighted by Gasteiger charge is 2.17. The summed E-state index contributed by atoms with van der Waals surface area (Å²) < 4.78 is 23.1. The third-order valence-electron chi connectivity index (χ3n) is 1.44. The molecule has 0 atom stereocenters. The van der Waals surface area contributed by atoms with Gasteiger partial charge >= 0.3 is 0 Å². The van der Waals surface area contributed by atoms with Gasteiger partial charge in [-0.25, -0.2) is 13.6 Å². The van der Waals surface area contributed by atoms with Crippen LogP contribution in [0.25, 0.3) is 0 Å². The van der Waals surface area contributed by atoms with Gasteiger partial charge in [0, 0.05) is 6.20 Å². The maximum atomic E-state index is 11.0. The number of hydrogen-bond acceptors (Lipinski definition) is 5. The van der Waals surface area contributed by atoms with Crippen LogP contribution < -0.4 is 10.5 Å². The second kappa shape index (κ2) is 3.02. The lowest BCUT2D eigenvalue weighted by atomic mass is 10.5. The van der Waals surface area contributed by atoms with Crippen molar-refractivity contribution in [2.75, 3.05) is 5.32 Å². The van der Waals surface area contributed by atoms with E-state index in [4.69, 9.17) is 5.14 Å². The molecule has 2 heterocycles. The summed E-state index contributed by atoms with van der Waals surface area (Å²) >= 11 is 2.66. The van der Waals surface area contributed by atoms with Gasteiger partial charge in [0.1, 0.15) is 4.21 Å². The van der Waals surface area contributed by atoms with Crippen LogP contribution in [0.4, 0.5) is 5.69 Å². The molecule has 2 rings (SSSR count). The van der Waals surface area contributed by atoms with Gasteiger partial charge in [0.2, 0.25) is 10.0 Å². The standard InChI is InChI=1S/C6H6N2O2S3/c7-13(9,10)5-3-4-6(12-5)11-2-1-8-4/h1-3,8H,(H2,7,9,10). The van der Waals surface area contributed by atoms with E-state index < -0.39 is 10.0 Å². The molecule has 0 bridgehead atoms. The second-order valence-corrected chi connectivity index (χ2v) is 6.39. The minimum Gasteiger partial charge on any atom is -0.360 e. The van der Waals surface area contributed by atoms with Crippen molar-refractivity contribution in [3.63, 3.8) is 0 Å². The van der Waals surface area contributed by atoms with Crippen molar-refractivity contribution in [2.45, 2.75) is 8.42 Å². The maximum absolute atomic E-state index is 11.0. The Morgan fingerprint density at radius 1 is 1.46 bits per heavy atom. The monoisotopic (exact) mass is 234 g/mol. The Morgan fingerprint density at radius 3 is 2.85 bits per heavy atom. The number of thiophene rings is 1. The first kappa shape index (κ1) is 9.07. The normalized spacial score (nSPS) is 15.2. The summed E-state index contributed by atoms with van der Waals surface area (Å²) in [4.78, 5) is 0. The Hall–Kier alpha value is -0.500. The maximum Gasteiger partial charge on any atom is 0.247 e. The van der Waals surface area contributed by atoms with Gasteiger partial charge in [-0.1, -0.05) is 11.8 Å². The Labute approximate surface area is 83.9 Å². The van der Waals surface area contributed by atoms with Crippen molar-refractivity contribution in [3.05, 3.63) is 17.7 Å². The number of nitrogens with one attached hydrogen (secondary N) is 1. The predicted molar refractivity (Wildman–Crippen MR) is 54.3 cm³/mol. The Balaban J connectivity index is 2.50. The Bertz CT molecular complexity index is 435. The van der Waals surface area contributed by atoms with Crippen molar-refractivity contribution in [1.29, 1.82) is 0 Å². The number of fused-ring (bicyclic) bond motifs is 1. The first-order chi connectivity index (χ1) is 6.07. The number of rotatable bonds is 1. The fraction of sp³-hybridized carbons (Fsp3) is 0. The van der Waals surface area contributed by atoms with Gasteiger partial charge in [0.15, 0.2) is 0 Å². The van der Waals surface area contributed by atoms with Crippen LogP contribution in [0.3, 0.4) is 0 Å². The Morgan fingerprint density at radius 2 is 2.23 bits per heavy atom. The van der Waals surface area contributed by atoms with Gasteiger partial charge in [0.25, 0.3) is 0 Å². The van der Waals surface area contributed by atoms with Crippen LogP contribution >= 0.6 is 23.1 Å². The molecule has 0 fully saturated rings. The van der Waals surface area contributed by atoms with Crippen molar-refractivity contribution in [2.24, 2.45) is 5.14 Å². The third kappa shape index (κ3) is 1.73. The minimum absolute atomic E-state index is 0.196. The van der Waals surface area contributed by atoms with Crippen LogP contribution in [0.15, 0.2) is 26.1 Å². The number of hydrogen-bond donors (Lipinski definition) is 2. The first-order valence-electron chi connectivity index (χ1n) is 3.32. The van der Waals surface area contributed by atoms with E-state index in [9.17, 15) is 8.42 Å². The largest absolute Gasteiger partial charge is 0.360 e. The van der Waals surface area contributed by atoms with E-state index in [-0.39, 0.29) is 4.21 Å². The molecule has 1 aliphatic heterocycles. The summed E-state index contributed by atoms with van der Waals surface area (Å²) in [6, 6.07) is 1.55. The van der Waals surface area contributed by atoms with Gasteiger partial charge in [-0.15, -0.1) is 11.3 Å². The summed E-state index contributed by atoms with van der Waals surface area (Å²) in [6.07, 6.45) is 1.76. The predicted octanol–water partition coefficient (Wildman–Crippen LogP) is 1.38. The van der Waals surface area contributed by atoms with Crippen molar-refractivity contribution in [1.82, 2.24) is 0 Å². The molecule has 0 radical (unpaired) electrons. The molecule has 70 valence electrons. The molecule has 3 N–H and O–H groups in total. The molecule has 0 amide bonds. The molecule has 0 saturated heterocycles. The van der Waals surface area contributed by atoms with Gasteiger partial charge in [-0.3, -0.25) is 0 Å². The average molecular weight is 234 g/mol. The fourth-order valence-corrected chi connectivity index (χ4v) is 3.78. The quantitative estimate of drug-likeness (QED) is 0.770. The number of nitrogens with two attached hydrogens (primary N) is 1. The molecule has 4 nitrogen and oxygen atoms in total. The van der Waals surface area contributed by atoms with Gasteiger partial charge in [-0.2, -0.15) is 0 Å². The van der Waals surface area contributed by atoms with E-state index in [1.165, 1.54) is 23.1 Å². The van der Waals surface area contributed by atoms with Gasteiger partial charge < -0.3 is 5.32 Å². The summed E-state index contributed by atoms with van der Waals surface area (Å²) in [7, 11) is -3.56. The zero-order chi connectivity index (χ0) is 9.47. The number of sulfonamides is 1. The summed E-state index contributed by atoms with van der Waals surface area (Å²) in [5, 5.41) is 9.79. The lowest BCUT2D eigenvalue weighted by Crippen LogP contribution is -2.09. The molecule has 7 heteroatoms. The molecular formula is C6H6N2O2S3. The lowest BCUT2D eigenvalue weighted by Gasteiger charge is -2.03. The summed E-state index contributed by atoms with van der Waals surface area (Å²) in [5.41, 5.74) is 0.807. The SMILES string of the molecule is NS(=O)(=O)c1cc2c(s1)SC=CN2. The second-order valence-electron chi connectivity index (χ2n) is 2.38. The zero-order valence-corrected chi connectivity index (χ0v) is 8.80. The highest BCUT2D eigenvalue weighted by Crippen LogP contribution is 2.40. The van der Waals surface area contributed by atoms with Crippen LogP contribution in [0.1, 0.15) is 0 Å². The first-order valence-corrected chi connectivity index (χ1v) is 6.56. The highest BCUT2D eigenvalue weighted by atomic mass is 32.3. The molecule has 0 aromatic carbocycles. The number of thioether (sulfide) groups is 1. The third-order valence-corrected chi connectivity index (χ3v) is 5.03. The van der Waals surface area contributed by atoms with E-state index in [2.05, 4.69) is 5.32 Å². The fourth-order valence-electron chi connectivity index (χ4n) is 0.901. The topological polar surface area (TPSA) is 72.2 Å². The molecule has 1 aromatic rings. The molecule has 0 saturated carbocycles. The minimum atomic E-state index is -3.56. The van der Waals surface area contributed by atoms with Crippen LogP contribution in [0.5, 0.6) is 0 Å². The molecule has 0 spiro atoms. The molecule has 13 heavy (non-hydrogen) atoms. The van der Waals surface area contributed by atoms with Gasteiger partial charge in [-0.05, 0) is 11.5 Å². The molecule has 1 aliphatic rings. The van der Waals surface area contributed by atoms with Crippen LogP contribution in [0.2, 0.25) is 0 Å². The van der Waals surface area contributed by atoms with Crippen molar-refractivity contribution in [3.8, 4) is 0 Å². The summed E-state index contributed by atoms with van der Waals surface area (Å²) in [5.74, 6) is 0. The van der Waals surface area contributed by atoms with Crippen LogP contribution in [0, 0.1) is 0 Å². The van der Waals surface area contributed by atoms with E-state index in [0.29, 0.717) is 0 Å². The smallest absolute Gasteiger partial charge is 0.247 e. The van der Waals surface area contributed by atoms with Crippen LogP contribution in [-0.2, 0) is 10.0 Å². The summed E-state index contributed by atoms with van der Waals surface area (Å²) in [6.45, 7) is 0. The highest BCUT2D eigenvalue weighted by molar-refractivity contribution is 8.04. The molecule has 1 aromatic heterocycles. The van der Waals surface area contributed by atoms with E-state index in [1.807, 2.05) is 5.41 Å². The molecular weight excluding hydrogens is 228 g/mol. The van der Waals surface area contributed by atoms with Crippen LogP contribution in [-0.4, -0.2) is 8.42 Å². The van der Waals surface area contributed by atoms with Crippen molar-refractivity contribution >= 4 is 38.8 Å². The Kier molecular flexibility index (Phi) is 2.11. The molecule has 0 unspecified atom stereocenters.